The van der Waals surface area contributed by atoms with Gasteiger partial charge in [0.25, 0.3) is 0 Å². The number of fused-ring (bicyclic) bond motifs is 10. The first-order chi connectivity index (χ1) is 22.3. The van der Waals surface area contributed by atoms with Crippen LogP contribution < -0.4 is 0 Å². The molecule has 0 fully saturated rings. The molecule has 5 aromatic carbocycles. The first-order valence-corrected chi connectivity index (χ1v) is 15.1. The van der Waals surface area contributed by atoms with Crippen LogP contribution in [-0.2, 0) is 0 Å². The Hall–Kier alpha value is -6.20. The third kappa shape index (κ3) is 3.43. The molecule has 0 unspecified atom stereocenters. The minimum Gasteiger partial charge on any atom is -0.456 e. The van der Waals surface area contributed by atoms with Gasteiger partial charge in [-0.05, 0) is 66.7 Å². The minimum atomic E-state index is 0.873. The third-order valence-electron chi connectivity index (χ3n) is 8.98. The van der Waals surface area contributed by atoms with E-state index in [1.807, 2.05) is 30.5 Å². The topological polar surface area (TPSA) is 48.8 Å². The van der Waals surface area contributed by atoms with E-state index in [2.05, 4.69) is 124 Å². The highest BCUT2D eigenvalue weighted by Gasteiger charge is 2.21. The van der Waals surface area contributed by atoms with Crippen molar-refractivity contribution in [3.8, 4) is 22.9 Å². The molecule has 5 aromatic heterocycles. The van der Waals surface area contributed by atoms with Crippen molar-refractivity contribution in [3.63, 3.8) is 0 Å². The van der Waals surface area contributed by atoms with Gasteiger partial charge >= 0.3 is 0 Å². The molecule has 10 rings (SSSR count). The molecule has 5 heteroatoms. The summed E-state index contributed by atoms with van der Waals surface area (Å²) in [5.41, 5.74) is 8.23. The lowest BCUT2D eigenvalue weighted by molar-refractivity contribution is 0.669. The summed E-state index contributed by atoms with van der Waals surface area (Å²) in [6.07, 6.45) is 1.85. The Balaban J connectivity index is 1.28. The molecular weight excluding hydrogens is 552 g/mol. The number of rotatable bonds is 3. The van der Waals surface area contributed by atoms with Gasteiger partial charge in [0.15, 0.2) is 0 Å². The van der Waals surface area contributed by atoms with E-state index in [-0.39, 0.29) is 0 Å². The Bertz CT molecular complexity index is 2770. The minimum absolute atomic E-state index is 0.873. The van der Waals surface area contributed by atoms with Gasteiger partial charge in [-0.2, -0.15) is 0 Å². The van der Waals surface area contributed by atoms with Crippen molar-refractivity contribution >= 4 is 65.6 Å². The number of hydrogen-bond acceptors (Lipinski definition) is 3. The number of furan rings is 1. The zero-order valence-corrected chi connectivity index (χ0v) is 24.1. The highest BCUT2D eigenvalue weighted by molar-refractivity contribution is 6.26. The van der Waals surface area contributed by atoms with Crippen LogP contribution in [0, 0.1) is 0 Å². The maximum absolute atomic E-state index is 6.10. The Morgan fingerprint density at radius 1 is 0.467 bits per heavy atom. The van der Waals surface area contributed by atoms with Crippen molar-refractivity contribution < 1.29 is 4.42 Å². The molecule has 5 heterocycles. The summed E-state index contributed by atoms with van der Waals surface area (Å²) in [5, 5.41) is 6.96. The van der Waals surface area contributed by atoms with Crippen molar-refractivity contribution in [3.05, 3.63) is 146 Å². The number of nitrogens with zero attached hydrogens (tertiary/aromatic N) is 4. The highest BCUT2D eigenvalue weighted by atomic mass is 16.3. The van der Waals surface area contributed by atoms with Gasteiger partial charge in [0.1, 0.15) is 22.8 Å². The Labute approximate surface area is 257 Å². The van der Waals surface area contributed by atoms with Gasteiger partial charge in [-0.15, -0.1) is 0 Å². The fraction of sp³-hybridized carbons (Fsp3) is 0. The molecule has 0 radical (unpaired) electrons. The molecule has 0 bridgehead atoms. The summed E-state index contributed by atoms with van der Waals surface area (Å²) in [7, 11) is 0. The SMILES string of the molecule is c1ccc(-n2c3ccccc3c3c2ccc2c4ccccc4n(-c4cccc(-c5ccc6oc7ccccc7c6c5)n4)c23)nc1. The largest absolute Gasteiger partial charge is 0.456 e. The number of pyridine rings is 2. The summed E-state index contributed by atoms with van der Waals surface area (Å²) in [6.45, 7) is 0. The Morgan fingerprint density at radius 3 is 2.07 bits per heavy atom. The summed E-state index contributed by atoms with van der Waals surface area (Å²) < 4.78 is 10.7. The second-order valence-electron chi connectivity index (χ2n) is 11.4. The van der Waals surface area contributed by atoms with Crippen LogP contribution in [0.3, 0.4) is 0 Å². The van der Waals surface area contributed by atoms with E-state index < -0.39 is 0 Å². The fourth-order valence-corrected chi connectivity index (χ4v) is 7.07. The highest BCUT2D eigenvalue weighted by Crippen LogP contribution is 2.41. The quantitative estimate of drug-likeness (QED) is 0.210. The van der Waals surface area contributed by atoms with Crippen molar-refractivity contribution in [2.75, 3.05) is 0 Å². The monoisotopic (exact) mass is 576 g/mol. The zero-order valence-electron chi connectivity index (χ0n) is 24.1. The smallest absolute Gasteiger partial charge is 0.138 e. The molecule has 0 saturated carbocycles. The molecule has 0 aliphatic heterocycles. The van der Waals surface area contributed by atoms with Gasteiger partial charge in [-0.1, -0.05) is 72.8 Å². The van der Waals surface area contributed by atoms with E-state index in [0.29, 0.717) is 0 Å². The number of para-hydroxylation sites is 3. The molecular formula is C40H24N4O. The van der Waals surface area contributed by atoms with Crippen LogP contribution in [0.25, 0.3) is 88.4 Å². The molecule has 0 aliphatic rings. The van der Waals surface area contributed by atoms with Crippen LogP contribution in [0.5, 0.6) is 0 Å². The van der Waals surface area contributed by atoms with E-state index in [1.54, 1.807) is 0 Å². The summed E-state index contributed by atoms with van der Waals surface area (Å²) >= 11 is 0. The molecule has 210 valence electrons. The van der Waals surface area contributed by atoms with Crippen molar-refractivity contribution in [2.24, 2.45) is 0 Å². The second kappa shape index (κ2) is 9.15. The van der Waals surface area contributed by atoms with Crippen molar-refractivity contribution in [1.29, 1.82) is 0 Å². The Kier molecular flexibility index (Phi) is 4.93. The molecule has 10 aromatic rings. The first-order valence-electron chi connectivity index (χ1n) is 15.1. The van der Waals surface area contributed by atoms with Gasteiger partial charge < -0.3 is 4.42 Å². The van der Waals surface area contributed by atoms with Gasteiger partial charge in [0.2, 0.25) is 0 Å². The van der Waals surface area contributed by atoms with E-state index in [1.165, 1.54) is 21.5 Å². The van der Waals surface area contributed by atoms with Crippen LogP contribution >= 0.6 is 0 Å². The molecule has 5 nitrogen and oxygen atoms in total. The average Bonchev–Trinajstić information content (AvgIpc) is 3.76. The summed E-state index contributed by atoms with van der Waals surface area (Å²) in [4.78, 5) is 10.1. The number of aromatic nitrogens is 4. The van der Waals surface area contributed by atoms with Crippen molar-refractivity contribution in [1.82, 2.24) is 19.1 Å². The molecule has 0 amide bonds. The van der Waals surface area contributed by atoms with E-state index >= 15 is 0 Å². The van der Waals surface area contributed by atoms with Gasteiger partial charge in [0.05, 0.1) is 27.8 Å². The number of hydrogen-bond donors (Lipinski definition) is 0. The van der Waals surface area contributed by atoms with Gasteiger partial charge in [-0.25, -0.2) is 9.97 Å². The summed E-state index contributed by atoms with van der Waals surface area (Å²) in [5.74, 6) is 1.77. The molecule has 0 N–H and O–H groups in total. The average molecular weight is 577 g/mol. The van der Waals surface area contributed by atoms with Gasteiger partial charge in [0, 0.05) is 44.1 Å². The standard InChI is InChI=1S/C40H24N4O/c1-4-14-32-26(10-1)28-20-21-34-39(29-12-2-5-15-33(29)43(34)37-17-7-8-23-41-37)40(28)44(32)38-18-9-13-31(42-38)25-19-22-36-30(24-25)27-11-3-6-16-35(27)45-36/h1-24H. The lowest BCUT2D eigenvalue weighted by atomic mass is 10.1. The second-order valence-corrected chi connectivity index (χ2v) is 11.4. The molecule has 45 heavy (non-hydrogen) atoms. The number of benzene rings is 5. The predicted molar refractivity (Wildman–Crippen MR) is 183 cm³/mol. The maximum atomic E-state index is 6.10. The zero-order chi connectivity index (χ0) is 29.5. The lowest BCUT2D eigenvalue weighted by Crippen LogP contribution is -1.99. The van der Waals surface area contributed by atoms with Crippen molar-refractivity contribution in [2.45, 2.75) is 0 Å². The Morgan fingerprint density at radius 2 is 1.20 bits per heavy atom. The van der Waals surface area contributed by atoms with Crippen LogP contribution in [0.1, 0.15) is 0 Å². The van der Waals surface area contributed by atoms with Crippen LogP contribution in [0.15, 0.2) is 150 Å². The third-order valence-corrected chi connectivity index (χ3v) is 8.98. The van der Waals surface area contributed by atoms with E-state index in [4.69, 9.17) is 14.4 Å². The summed E-state index contributed by atoms with van der Waals surface area (Å²) in [6, 6.07) is 48.6. The van der Waals surface area contributed by atoms with Gasteiger partial charge in [-0.3, -0.25) is 9.13 Å². The molecule has 0 spiro atoms. The van der Waals surface area contributed by atoms with E-state index in [0.717, 1.165) is 66.9 Å². The van der Waals surface area contributed by atoms with Crippen LogP contribution in [0.2, 0.25) is 0 Å². The van der Waals surface area contributed by atoms with E-state index in [9.17, 15) is 0 Å². The van der Waals surface area contributed by atoms with Crippen LogP contribution in [-0.4, -0.2) is 19.1 Å². The normalized spacial score (nSPS) is 12.0. The first kappa shape index (κ1) is 24.3. The lowest BCUT2D eigenvalue weighted by Gasteiger charge is -2.11. The molecule has 0 atom stereocenters. The van der Waals surface area contributed by atoms with Crippen LogP contribution in [0.4, 0.5) is 0 Å². The fourth-order valence-electron chi connectivity index (χ4n) is 7.07. The molecule has 0 saturated heterocycles. The predicted octanol–water partition coefficient (Wildman–Crippen LogP) is 10.2. The molecule has 0 aliphatic carbocycles. The maximum Gasteiger partial charge on any atom is 0.138 e.